The van der Waals surface area contributed by atoms with Crippen LogP contribution in [0.1, 0.15) is 30.5 Å². The number of nitrogens with zero attached hydrogens (tertiary/aromatic N) is 3. The van der Waals surface area contributed by atoms with Crippen LogP contribution in [0.5, 0.6) is 0 Å². The fraction of sp³-hybridized carbons (Fsp3) is 0.292. The van der Waals surface area contributed by atoms with E-state index in [-0.39, 0.29) is 30.2 Å². The van der Waals surface area contributed by atoms with E-state index >= 15 is 0 Å². The molecule has 1 fully saturated rings. The second kappa shape index (κ2) is 8.95. The Morgan fingerprint density at radius 2 is 1.93 bits per heavy atom. The Hall–Kier alpha value is -3.41. The maximum absolute atomic E-state index is 12.7. The number of likely N-dealkylation sites (tertiary alicyclic amines) is 1. The summed E-state index contributed by atoms with van der Waals surface area (Å²) in [5, 5.41) is 3.07. The van der Waals surface area contributed by atoms with Gasteiger partial charge in [0.15, 0.2) is 0 Å². The Morgan fingerprint density at radius 3 is 2.63 bits per heavy atom. The van der Waals surface area contributed by atoms with Crippen LogP contribution in [0.3, 0.4) is 0 Å². The molecule has 2 aromatic carbocycles. The molecule has 2 amide bonds. The van der Waals surface area contributed by atoms with Crippen LogP contribution in [-0.2, 0) is 16.0 Å². The molecular formula is C24H26N4O2. The molecule has 4 rings (SSSR count). The van der Waals surface area contributed by atoms with Gasteiger partial charge in [0.25, 0.3) is 0 Å². The van der Waals surface area contributed by atoms with E-state index < -0.39 is 0 Å². The van der Waals surface area contributed by atoms with Crippen molar-refractivity contribution in [1.29, 1.82) is 0 Å². The Kier molecular flexibility index (Phi) is 5.93. The Bertz CT molecular complexity index is 984. The molecule has 0 aliphatic carbocycles. The van der Waals surface area contributed by atoms with Gasteiger partial charge in [-0.1, -0.05) is 42.5 Å². The summed E-state index contributed by atoms with van der Waals surface area (Å²) < 4.78 is 1.93. The van der Waals surface area contributed by atoms with Crippen LogP contribution in [-0.4, -0.2) is 39.4 Å². The number of hydrogen-bond donors (Lipinski definition) is 1. The van der Waals surface area contributed by atoms with Gasteiger partial charge in [0.1, 0.15) is 0 Å². The van der Waals surface area contributed by atoms with Crippen molar-refractivity contribution in [3.63, 3.8) is 0 Å². The second-order valence-corrected chi connectivity index (χ2v) is 7.77. The lowest BCUT2D eigenvalue weighted by molar-refractivity contribution is -0.129. The number of aromatic nitrogens is 2. The molecule has 154 valence electrons. The lowest BCUT2D eigenvalue weighted by Gasteiger charge is -2.19. The Morgan fingerprint density at radius 1 is 1.17 bits per heavy atom. The third kappa shape index (κ3) is 4.59. The molecule has 0 saturated carbocycles. The average Bonchev–Trinajstić information content (AvgIpc) is 3.43. The second-order valence-electron chi connectivity index (χ2n) is 7.77. The summed E-state index contributed by atoms with van der Waals surface area (Å²) in [5.41, 5.74) is 3.24. The third-order valence-electron chi connectivity index (χ3n) is 5.65. The number of amides is 2. The maximum atomic E-state index is 12.7. The number of imidazole rings is 1. The van der Waals surface area contributed by atoms with Crippen LogP contribution in [0.25, 0.3) is 5.69 Å². The van der Waals surface area contributed by atoms with Gasteiger partial charge in [-0.15, -0.1) is 0 Å². The highest BCUT2D eigenvalue weighted by Crippen LogP contribution is 2.21. The highest BCUT2D eigenvalue weighted by Gasteiger charge is 2.34. The summed E-state index contributed by atoms with van der Waals surface area (Å²) in [6.07, 6.45) is 6.47. The van der Waals surface area contributed by atoms with Gasteiger partial charge in [0.05, 0.1) is 18.3 Å². The molecule has 0 spiro atoms. The van der Waals surface area contributed by atoms with Crippen LogP contribution in [0.15, 0.2) is 73.3 Å². The highest BCUT2D eigenvalue weighted by atomic mass is 16.2. The summed E-state index contributed by atoms with van der Waals surface area (Å²) in [7, 11) is 0. The molecule has 30 heavy (non-hydrogen) atoms. The zero-order chi connectivity index (χ0) is 20.9. The molecule has 2 atom stereocenters. The number of carbonyl (C=O) groups excluding carboxylic acids is 2. The largest absolute Gasteiger partial charge is 0.349 e. The topological polar surface area (TPSA) is 67.2 Å². The van der Waals surface area contributed by atoms with Gasteiger partial charge in [0, 0.05) is 37.6 Å². The van der Waals surface area contributed by atoms with E-state index in [2.05, 4.69) is 22.4 Å². The van der Waals surface area contributed by atoms with Crippen molar-refractivity contribution in [3.8, 4) is 5.69 Å². The molecule has 1 aliphatic rings. The van der Waals surface area contributed by atoms with Crippen LogP contribution >= 0.6 is 0 Å². The zero-order valence-corrected chi connectivity index (χ0v) is 17.1. The Labute approximate surface area is 176 Å². The molecule has 1 aliphatic heterocycles. The van der Waals surface area contributed by atoms with Crippen molar-refractivity contribution in [2.45, 2.75) is 25.8 Å². The third-order valence-corrected chi connectivity index (χ3v) is 5.65. The van der Waals surface area contributed by atoms with Crippen molar-refractivity contribution < 1.29 is 9.59 Å². The summed E-state index contributed by atoms with van der Waals surface area (Å²) in [4.78, 5) is 31.0. The molecule has 3 aromatic rings. The minimum atomic E-state index is -0.291. The molecule has 1 aromatic heterocycles. The first kappa shape index (κ1) is 19.9. The fourth-order valence-corrected chi connectivity index (χ4v) is 3.83. The first-order valence-corrected chi connectivity index (χ1v) is 10.3. The van der Waals surface area contributed by atoms with Gasteiger partial charge < -0.3 is 14.8 Å². The minimum Gasteiger partial charge on any atom is -0.349 e. The van der Waals surface area contributed by atoms with E-state index in [4.69, 9.17) is 0 Å². The van der Waals surface area contributed by atoms with Crippen molar-refractivity contribution in [2.24, 2.45) is 5.92 Å². The van der Waals surface area contributed by atoms with Gasteiger partial charge in [-0.2, -0.15) is 0 Å². The monoisotopic (exact) mass is 402 g/mol. The molecule has 1 saturated heterocycles. The predicted octanol–water partition coefficient (Wildman–Crippen LogP) is 3.14. The zero-order valence-electron chi connectivity index (χ0n) is 17.1. The first-order valence-electron chi connectivity index (χ1n) is 10.3. The molecular weight excluding hydrogens is 376 g/mol. The van der Waals surface area contributed by atoms with E-state index in [1.807, 2.05) is 65.1 Å². The number of nitrogens with one attached hydrogen (secondary N) is 1. The van der Waals surface area contributed by atoms with E-state index in [0.29, 0.717) is 13.1 Å². The van der Waals surface area contributed by atoms with E-state index in [0.717, 1.165) is 17.7 Å². The van der Waals surface area contributed by atoms with Crippen LogP contribution in [0, 0.1) is 5.92 Å². The average molecular weight is 402 g/mol. The van der Waals surface area contributed by atoms with Crippen LogP contribution < -0.4 is 5.32 Å². The van der Waals surface area contributed by atoms with Gasteiger partial charge in [-0.3, -0.25) is 9.59 Å². The number of rotatable bonds is 7. The summed E-state index contributed by atoms with van der Waals surface area (Å²) in [6, 6.07) is 18.0. The van der Waals surface area contributed by atoms with Crippen molar-refractivity contribution in [2.75, 3.05) is 13.1 Å². The molecule has 1 N–H and O–H groups in total. The van der Waals surface area contributed by atoms with E-state index in [1.54, 1.807) is 12.5 Å². The maximum Gasteiger partial charge on any atom is 0.225 e. The minimum absolute atomic E-state index is 0.0586. The number of hydrogen-bond acceptors (Lipinski definition) is 3. The van der Waals surface area contributed by atoms with Gasteiger partial charge in [-0.25, -0.2) is 4.98 Å². The van der Waals surface area contributed by atoms with Crippen molar-refractivity contribution in [1.82, 2.24) is 19.8 Å². The SMILES string of the molecule is C[C@@H](NC(=O)[C@@H]1CC(=O)N(CCc2ccccc2)C1)c1ccc(-n2ccnc2)cc1. The lowest BCUT2D eigenvalue weighted by Crippen LogP contribution is -2.35. The van der Waals surface area contributed by atoms with Gasteiger partial charge >= 0.3 is 0 Å². The van der Waals surface area contributed by atoms with Crippen LogP contribution in [0.2, 0.25) is 0 Å². The summed E-state index contributed by atoms with van der Waals surface area (Å²) in [5.74, 6) is -0.291. The normalized spacial score (nSPS) is 17.2. The molecule has 2 heterocycles. The predicted molar refractivity (Wildman–Crippen MR) is 115 cm³/mol. The summed E-state index contributed by atoms with van der Waals surface area (Å²) in [6.45, 7) is 3.11. The molecule has 6 heteroatoms. The van der Waals surface area contributed by atoms with Crippen molar-refractivity contribution >= 4 is 11.8 Å². The van der Waals surface area contributed by atoms with E-state index in [9.17, 15) is 9.59 Å². The fourth-order valence-electron chi connectivity index (χ4n) is 3.83. The highest BCUT2D eigenvalue weighted by molar-refractivity contribution is 5.89. The Balaban J connectivity index is 1.30. The number of carbonyl (C=O) groups is 2. The van der Waals surface area contributed by atoms with Crippen LogP contribution in [0.4, 0.5) is 0 Å². The smallest absolute Gasteiger partial charge is 0.225 e. The molecule has 0 radical (unpaired) electrons. The van der Waals surface area contributed by atoms with Crippen molar-refractivity contribution in [3.05, 3.63) is 84.4 Å². The standard InChI is InChI=1S/C24H26N4O2/c1-18(20-7-9-22(10-8-20)28-14-12-25-17-28)26-24(30)21-15-23(29)27(16-21)13-11-19-5-3-2-4-6-19/h2-10,12,14,17-18,21H,11,13,15-16H2,1H3,(H,26,30)/t18-,21-/m1/s1. The lowest BCUT2D eigenvalue weighted by atomic mass is 10.0. The quantitative estimate of drug-likeness (QED) is 0.660. The van der Waals surface area contributed by atoms with E-state index in [1.165, 1.54) is 5.56 Å². The molecule has 0 unspecified atom stereocenters. The molecule has 6 nitrogen and oxygen atoms in total. The molecule has 0 bridgehead atoms. The van der Waals surface area contributed by atoms with Gasteiger partial charge in [0.2, 0.25) is 11.8 Å². The number of benzene rings is 2. The summed E-state index contributed by atoms with van der Waals surface area (Å²) >= 11 is 0. The van der Waals surface area contributed by atoms with Gasteiger partial charge in [-0.05, 0) is 36.6 Å². The first-order chi connectivity index (χ1) is 14.6.